The monoisotopic (exact) mass is 287 g/mol. The van der Waals surface area contributed by atoms with Gasteiger partial charge in [-0.15, -0.1) is 0 Å². The molecule has 0 amide bonds. The summed E-state index contributed by atoms with van der Waals surface area (Å²) in [6, 6.07) is 2.76. The second kappa shape index (κ2) is 6.23. The molecule has 0 radical (unpaired) electrons. The summed E-state index contributed by atoms with van der Waals surface area (Å²) in [7, 11) is 0. The molecule has 0 saturated carbocycles. The van der Waals surface area contributed by atoms with Crippen molar-refractivity contribution in [1.82, 2.24) is 5.32 Å². The highest BCUT2D eigenvalue weighted by Crippen LogP contribution is 2.34. The number of furan rings is 1. The summed E-state index contributed by atoms with van der Waals surface area (Å²) in [5.41, 5.74) is 6.41. The van der Waals surface area contributed by atoms with E-state index in [1.54, 1.807) is 0 Å². The maximum Gasteiger partial charge on any atom is 0.138 e. The topological polar surface area (TPSA) is 25.2 Å². The third-order valence-corrected chi connectivity index (χ3v) is 4.13. The van der Waals surface area contributed by atoms with Gasteiger partial charge in [0.2, 0.25) is 0 Å². The van der Waals surface area contributed by atoms with E-state index in [1.807, 2.05) is 0 Å². The lowest BCUT2D eigenvalue weighted by atomic mass is 9.94. The molecule has 0 aliphatic heterocycles. The van der Waals surface area contributed by atoms with Crippen LogP contribution in [0.15, 0.2) is 10.5 Å². The minimum absolute atomic E-state index is 0.467. The van der Waals surface area contributed by atoms with E-state index in [9.17, 15) is 0 Å². The Kier molecular flexibility index (Phi) is 4.77. The molecule has 0 spiro atoms. The Bertz CT molecular complexity index is 635. The van der Waals surface area contributed by atoms with Crippen LogP contribution < -0.4 is 5.32 Å². The van der Waals surface area contributed by atoms with Crippen molar-refractivity contribution < 1.29 is 4.42 Å². The molecule has 0 unspecified atom stereocenters. The lowest BCUT2D eigenvalue weighted by Crippen LogP contribution is -2.22. The lowest BCUT2D eigenvalue weighted by molar-refractivity contribution is 0.477. The Balaban J connectivity index is 2.61. The van der Waals surface area contributed by atoms with Gasteiger partial charge in [0.05, 0.1) is 6.54 Å². The first-order valence-corrected chi connectivity index (χ1v) is 8.05. The highest BCUT2D eigenvalue weighted by atomic mass is 16.3. The third kappa shape index (κ3) is 3.32. The van der Waals surface area contributed by atoms with Crippen LogP contribution in [0.25, 0.3) is 11.0 Å². The van der Waals surface area contributed by atoms with Crippen molar-refractivity contribution >= 4 is 11.0 Å². The molecular weight excluding hydrogens is 258 g/mol. The van der Waals surface area contributed by atoms with E-state index in [4.69, 9.17) is 4.42 Å². The number of hydrogen-bond donors (Lipinski definition) is 1. The second-order valence-corrected chi connectivity index (χ2v) is 6.98. The fraction of sp³-hybridized carbons (Fsp3) is 0.579. The lowest BCUT2D eigenvalue weighted by Gasteiger charge is -2.10. The van der Waals surface area contributed by atoms with E-state index in [0.29, 0.717) is 12.0 Å². The van der Waals surface area contributed by atoms with E-state index in [-0.39, 0.29) is 0 Å². The number of aryl methyl sites for hydroxylation is 3. The molecule has 2 heteroatoms. The highest BCUT2D eigenvalue weighted by Gasteiger charge is 2.19. The van der Waals surface area contributed by atoms with Crippen molar-refractivity contribution in [3.05, 3.63) is 34.1 Å². The molecule has 1 heterocycles. The Morgan fingerprint density at radius 1 is 1.05 bits per heavy atom. The molecule has 2 nitrogen and oxygen atoms in total. The number of rotatable bonds is 5. The minimum Gasteiger partial charge on any atom is -0.459 e. The molecule has 1 aromatic carbocycles. The van der Waals surface area contributed by atoms with Gasteiger partial charge in [0.25, 0.3) is 0 Å². The SMILES string of the molecule is Cc1cc(C)c2c(CC(C)C)c(CNC(C)C)oc2c1C. The number of nitrogens with one attached hydrogen (secondary N) is 1. The molecule has 21 heavy (non-hydrogen) atoms. The van der Waals surface area contributed by atoms with Crippen LogP contribution in [-0.2, 0) is 13.0 Å². The highest BCUT2D eigenvalue weighted by molar-refractivity contribution is 5.89. The maximum absolute atomic E-state index is 6.28. The van der Waals surface area contributed by atoms with Gasteiger partial charge in [-0.05, 0) is 49.8 Å². The van der Waals surface area contributed by atoms with Gasteiger partial charge in [0.1, 0.15) is 11.3 Å². The average molecular weight is 287 g/mol. The molecule has 0 fully saturated rings. The van der Waals surface area contributed by atoms with Gasteiger partial charge >= 0.3 is 0 Å². The first-order chi connectivity index (χ1) is 9.81. The van der Waals surface area contributed by atoms with Crippen LogP contribution in [0.2, 0.25) is 0 Å². The first kappa shape index (κ1) is 16.1. The summed E-state index contributed by atoms with van der Waals surface area (Å²) in [5, 5.41) is 4.84. The van der Waals surface area contributed by atoms with E-state index < -0.39 is 0 Å². The maximum atomic E-state index is 6.28. The van der Waals surface area contributed by atoms with Crippen LogP contribution in [0, 0.1) is 26.7 Å². The van der Waals surface area contributed by atoms with Gasteiger partial charge < -0.3 is 9.73 Å². The summed E-state index contributed by atoms with van der Waals surface area (Å²) in [6.07, 6.45) is 1.07. The predicted octanol–water partition coefficient (Wildman–Crippen LogP) is 5.05. The zero-order chi connectivity index (χ0) is 15.7. The molecule has 0 aliphatic carbocycles. The molecule has 1 N–H and O–H groups in total. The molecule has 1 aromatic heterocycles. The van der Waals surface area contributed by atoms with Crippen LogP contribution in [0.1, 0.15) is 55.7 Å². The van der Waals surface area contributed by atoms with Gasteiger partial charge in [-0.2, -0.15) is 0 Å². The molecule has 0 bridgehead atoms. The van der Waals surface area contributed by atoms with Crippen molar-refractivity contribution in [3.63, 3.8) is 0 Å². The summed E-state index contributed by atoms with van der Waals surface area (Å²) < 4.78 is 6.28. The number of fused-ring (bicyclic) bond motifs is 1. The molecular formula is C19H29NO. The first-order valence-electron chi connectivity index (χ1n) is 8.05. The van der Waals surface area contributed by atoms with Crippen LogP contribution in [0.5, 0.6) is 0 Å². The van der Waals surface area contributed by atoms with Crippen LogP contribution in [0.4, 0.5) is 0 Å². The standard InChI is InChI=1S/C19H29NO/c1-11(2)8-16-17(10-20-12(3)4)21-19-15(7)13(5)9-14(6)18(16)19/h9,11-12,20H,8,10H2,1-7H3. The summed E-state index contributed by atoms with van der Waals surface area (Å²) in [5.74, 6) is 1.74. The molecule has 0 atom stereocenters. The Morgan fingerprint density at radius 3 is 2.29 bits per heavy atom. The van der Waals surface area contributed by atoms with E-state index in [2.05, 4.69) is 59.8 Å². The van der Waals surface area contributed by atoms with Crippen molar-refractivity contribution in [2.75, 3.05) is 0 Å². The Labute approximate surface area is 128 Å². The van der Waals surface area contributed by atoms with Crippen molar-refractivity contribution in [2.45, 2.75) is 67.5 Å². The van der Waals surface area contributed by atoms with Gasteiger partial charge in [-0.1, -0.05) is 33.8 Å². The smallest absolute Gasteiger partial charge is 0.138 e. The van der Waals surface area contributed by atoms with E-state index in [1.165, 1.54) is 27.6 Å². The Hall–Kier alpha value is -1.28. The summed E-state index contributed by atoms with van der Waals surface area (Å²) in [6.45, 7) is 16.2. The predicted molar refractivity (Wildman–Crippen MR) is 90.9 cm³/mol. The summed E-state index contributed by atoms with van der Waals surface area (Å²) in [4.78, 5) is 0. The number of hydrogen-bond acceptors (Lipinski definition) is 2. The molecule has 2 aromatic rings. The Morgan fingerprint density at radius 2 is 1.71 bits per heavy atom. The fourth-order valence-electron chi connectivity index (χ4n) is 2.94. The number of benzene rings is 1. The quantitative estimate of drug-likeness (QED) is 0.832. The van der Waals surface area contributed by atoms with Crippen LogP contribution in [-0.4, -0.2) is 6.04 Å². The fourth-order valence-corrected chi connectivity index (χ4v) is 2.94. The van der Waals surface area contributed by atoms with Gasteiger partial charge in [0, 0.05) is 17.0 Å². The van der Waals surface area contributed by atoms with Crippen molar-refractivity contribution in [2.24, 2.45) is 5.92 Å². The zero-order valence-corrected chi connectivity index (χ0v) is 14.6. The average Bonchev–Trinajstić information content (AvgIpc) is 2.72. The normalized spacial score (nSPS) is 12.0. The summed E-state index contributed by atoms with van der Waals surface area (Å²) >= 11 is 0. The van der Waals surface area contributed by atoms with Crippen molar-refractivity contribution in [1.29, 1.82) is 0 Å². The van der Waals surface area contributed by atoms with E-state index in [0.717, 1.165) is 24.3 Å². The third-order valence-electron chi connectivity index (χ3n) is 4.13. The molecule has 2 rings (SSSR count). The van der Waals surface area contributed by atoms with Gasteiger partial charge in [0.15, 0.2) is 0 Å². The molecule has 0 saturated heterocycles. The van der Waals surface area contributed by atoms with Crippen LogP contribution in [0.3, 0.4) is 0 Å². The minimum atomic E-state index is 0.467. The van der Waals surface area contributed by atoms with Gasteiger partial charge in [-0.3, -0.25) is 0 Å². The van der Waals surface area contributed by atoms with E-state index >= 15 is 0 Å². The van der Waals surface area contributed by atoms with Gasteiger partial charge in [-0.25, -0.2) is 0 Å². The van der Waals surface area contributed by atoms with Crippen molar-refractivity contribution in [3.8, 4) is 0 Å². The molecule has 0 aliphatic rings. The molecule has 116 valence electrons. The van der Waals surface area contributed by atoms with Crippen LogP contribution >= 0.6 is 0 Å². The second-order valence-electron chi connectivity index (χ2n) is 6.98. The largest absolute Gasteiger partial charge is 0.459 e. The zero-order valence-electron chi connectivity index (χ0n) is 14.6.